The van der Waals surface area contributed by atoms with Crippen molar-refractivity contribution in [1.82, 2.24) is 15.5 Å². The van der Waals surface area contributed by atoms with E-state index in [2.05, 4.69) is 132 Å². The maximum Gasteiger partial charge on any atom is 0.315 e. The van der Waals surface area contributed by atoms with E-state index in [0.717, 1.165) is 53.0 Å². The highest BCUT2D eigenvalue weighted by Crippen LogP contribution is 2.42. The van der Waals surface area contributed by atoms with E-state index in [1.807, 2.05) is 31.2 Å². The van der Waals surface area contributed by atoms with Gasteiger partial charge in [-0.2, -0.15) is 0 Å². The molecular formula is C43H47N3O4. The fraction of sp³-hybridized carbons (Fsp3) is 0.279. The first-order valence-electron chi connectivity index (χ1n) is 17.5. The third-order valence-electron chi connectivity index (χ3n) is 9.29. The fourth-order valence-electron chi connectivity index (χ4n) is 6.55. The highest BCUT2D eigenvalue weighted by Gasteiger charge is 2.39. The van der Waals surface area contributed by atoms with Crippen molar-refractivity contribution in [2.75, 3.05) is 13.1 Å². The highest BCUT2D eigenvalue weighted by molar-refractivity contribution is 5.74. The Bertz CT molecular complexity index is 1740. The molecular weight excluding hydrogens is 622 g/mol. The van der Waals surface area contributed by atoms with Crippen LogP contribution in [-0.2, 0) is 35.7 Å². The molecule has 0 radical (unpaired) electrons. The predicted molar refractivity (Wildman–Crippen MR) is 198 cm³/mol. The van der Waals surface area contributed by atoms with E-state index in [4.69, 9.17) is 9.47 Å². The second-order valence-electron chi connectivity index (χ2n) is 13.0. The van der Waals surface area contributed by atoms with Crippen molar-refractivity contribution in [1.29, 1.82) is 0 Å². The molecule has 1 heterocycles. The molecule has 0 saturated carbocycles. The quantitative estimate of drug-likeness (QED) is 0.118. The van der Waals surface area contributed by atoms with Crippen LogP contribution in [0.1, 0.15) is 59.6 Å². The van der Waals surface area contributed by atoms with Gasteiger partial charge in [-0.3, -0.25) is 4.90 Å². The van der Waals surface area contributed by atoms with Crippen LogP contribution in [0.15, 0.2) is 133 Å². The molecule has 50 heavy (non-hydrogen) atoms. The Labute approximate surface area is 295 Å². The number of carbonyl (C=O) groups is 1. The van der Waals surface area contributed by atoms with E-state index < -0.39 is 6.29 Å². The summed E-state index contributed by atoms with van der Waals surface area (Å²) in [6, 6.07) is 45.7. The van der Waals surface area contributed by atoms with E-state index >= 15 is 0 Å². The largest absolute Gasteiger partial charge is 0.392 e. The molecule has 1 aliphatic rings. The summed E-state index contributed by atoms with van der Waals surface area (Å²) in [5.74, 6) is 0.0651. The first kappa shape index (κ1) is 35.1. The maximum absolute atomic E-state index is 11.9. The van der Waals surface area contributed by atoms with Crippen LogP contribution in [-0.4, -0.2) is 35.2 Å². The molecule has 0 bridgehead atoms. The van der Waals surface area contributed by atoms with Crippen LogP contribution >= 0.6 is 0 Å². The number of nitrogens with one attached hydrogen (secondary N) is 2. The molecule has 0 spiro atoms. The number of amides is 2. The normalized spacial score (nSPS) is 18.9. The van der Waals surface area contributed by atoms with Gasteiger partial charge in [-0.05, 0) is 51.9 Å². The molecule has 1 saturated heterocycles. The summed E-state index contributed by atoms with van der Waals surface area (Å²) in [7, 11) is 0. The molecule has 0 unspecified atom stereocenters. The SMILES string of the molecule is CCNC(=O)NCc1cccc(-c2ccc([C@H]3O[C@@H](CN(Cc4ccccc4)Cc4ccccc4)[C@@H](C)[C@@H](c4ccc(CO)cc4)O3)cc2)c1. The van der Waals surface area contributed by atoms with Crippen LogP contribution < -0.4 is 10.6 Å². The molecule has 5 aromatic carbocycles. The molecule has 2 amide bonds. The van der Waals surface area contributed by atoms with Crippen LogP contribution in [0, 0.1) is 5.92 Å². The average molecular weight is 670 g/mol. The third kappa shape index (κ3) is 9.25. The molecule has 7 nitrogen and oxygen atoms in total. The number of hydrogen-bond acceptors (Lipinski definition) is 5. The molecule has 0 aliphatic carbocycles. The van der Waals surface area contributed by atoms with Crippen molar-refractivity contribution in [3.8, 4) is 11.1 Å². The summed E-state index contributed by atoms with van der Waals surface area (Å²) in [5, 5.41) is 15.3. The summed E-state index contributed by atoms with van der Waals surface area (Å²) in [6.45, 7) is 7.49. The van der Waals surface area contributed by atoms with E-state index in [9.17, 15) is 9.90 Å². The highest BCUT2D eigenvalue weighted by atomic mass is 16.7. The number of ether oxygens (including phenoxy) is 2. The van der Waals surface area contributed by atoms with Gasteiger partial charge in [0.1, 0.15) is 0 Å². The number of carbonyl (C=O) groups excluding carboxylic acids is 1. The van der Waals surface area contributed by atoms with Gasteiger partial charge in [0.05, 0.1) is 18.8 Å². The van der Waals surface area contributed by atoms with Crippen LogP contribution in [0.3, 0.4) is 0 Å². The number of rotatable bonds is 13. The van der Waals surface area contributed by atoms with Crippen molar-refractivity contribution in [2.45, 2.75) is 58.6 Å². The smallest absolute Gasteiger partial charge is 0.315 e. The number of aliphatic hydroxyl groups excluding tert-OH is 1. The Morgan fingerprint density at radius 1 is 0.680 bits per heavy atom. The average Bonchev–Trinajstić information content (AvgIpc) is 3.16. The van der Waals surface area contributed by atoms with Crippen LogP contribution in [0.4, 0.5) is 4.79 Å². The van der Waals surface area contributed by atoms with Crippen LogP contribution in [0.5, 0.6) is 0 Å². The fourth-order valence-corrected chi connectivity index (χ4v) is 6.55. The summed E-state index contributed by atoms with van der Waals surface area (Å²) in [6.07, 6.45) is -0.872. The van der Waals surface area contributed by atoms with E-state index in [1.165, 1.54) is 11.1 Å². The lowest BCUT2D eigenvalue weighted by atomic mass is 9.89. The standard InChI is InChI=1S/C43H47N3O4/c1-3-44-43(48)45-26-35-15-10-16-39(25-35)36-21-23-38(24-22-36)42-49-40(31(2)41(50-42)37-19-17-34(30-47)18-20-37)29-46(27-32-11-6-4-7-12-32)28-33-13-8-5-9-14-33/h4-25,31,40-42,47H,3,26-30H2,1-2H3,(H2,44,45,48)/t31-,40+,41+,42+/m1/s1. The summed E-state index contributed by atoms with van der Waals surface area (Å²) in [4.78, 5) is 14.4. The molecule has 5 aromatic rings. The monoisotopic (exact) mass is 669 g/mol. The molecule has 4 atom stereocenters. The van der Waals surface area contributed by atoms with Crippen molar-refractivity contribution >= 4 is 6.03 Å². The zero-order chi connectivity index (χ0) is 34.7. The Kier molecular flexibility index (Phi) is 12.1. The topological polar surface area (TPSA) is 83.1 Å². The molecule has 3 N–H and O–H groups in total. The number of nitrogens with zero attached hydrogens (tertiary/aromatic N) is 1. The minimum Gasteiger partial charge on any atom is -0.392 e. The minimum absolute atomic E-state index is 0.00358. The molecule has 6 rings (SSSR count). The second kappa shape index (κ2) is 17.2. The van der Waals surface area contributed by atoms with Gasteiger partial charge in [0.2, 0.25) is 0 Å². The molecule has 1 aliphatic heterocycles. The van der Waals surface area contributed by atoms with Gasteiger partial charge < -0.3 is 25.2 Å². The van der Waals surface area contributed by atoms with Crippen LogP contribution in [0.2, 0.25) is 0 Å². The Hall–Kier alpha value is -4.79. The van der Waals surface area contributed by atoms with E-state index in [0.29, 0.717) is 13.1 Å². The van der Waals surface area contributed by atoms with Crippen LogP contribution in [0.25, 0.3) is 11.1 Å². The van der Waals surface area contributed by atoms with Gasteiger partial charge >= 0.3 is 6.03 Å². The summed E-state index contributed by atoms with van der Waals surface area (Å²) in [5.41, 5.74) is 8.59. The van der Waals surface area contributed by atoms with E-state index in [-0.39, 0.29) is 30.8 Å². The van der Waals surface area contributed by atoms with Gasteiger partial charge in [0, 0.05) is 44.2 Å². The van der Waals surface area contributed by atoms with Crippen molar-refractivity contribution in [2.24, 2.45) is 5.92 Å². The minimum atomic E-state index is -0.560. The molecule has 0 aromatic heterocycles. The van der Waals surface area contributed by atoms with Gasteiger partial charge in [0.15, 0.2) is 6.29 Å². The Balaban J connectivity index is 1.25. The number of benzene rings is 5. The van der Waals surface area contributed by atoms with Crippen molar-refractivity contribution < 1.29 is 19.4 Å². The summed E-state index contributed by atoms with van der Waals surface area (Å²) >= 11 is 0. The predicted octanol–water partition coefficient (Wildman–Crippen LogP) is 8.16. The van der Waals surface area contributed by atoms with Crippen molar-refractivity contribution in [3.63, 3.8) is 0 Å². The lowest BCUT2D eigenvalue weighted by Gasteiger charge is -2.43. The van der Waals surface area contributed by atoms with Crippen molar-refractivity contribution in [3.05, 3.63) is 167 Å². The second-order valence-corrected chi connectivity index (χ2v) is 13.0. The molecule has 7 heteroatoms. The number of hydrogen-bond donors (Lipinski definition) is 3. The lowest BCUT2D eigenvalue weighted by Crippen LogP contribution is -2.44. The molecule has 1 fully saturated rings. The van der Waals surface area contributed by atoms with Gasteiger partial charge in [-0.1, -0.05) is 134 Å². The van der Waals surface area contributed by atoms with Gasteiger partial charge in [-0.25, -0.2) is 4.79 Å². The molecule has 258 valence electrons. The van der Waals surface area contributed by atoms with E-state index in [1.54, 1.807) is 0 Å². The van der Waals surface area contributed by atoms with Gasteiger partial charge in [-0.15, -0.1) is 0 Å². The first-order valence-corrected chi connectivity index (χ1v) is 17.5. The summed E-state index contributed by atoms with van der Waals surface area (Å²) < 4.78 is 13.7. The number of aliphatic hydroxyl groups is 1. The first-order chi connectivity index (χ1) is 24.5. The number of urea groups is 1. The van der Waals surface area contributed by atoms with Gasteiger partial charge in [0.25, 0.3) is 0 Å². The zero-order valence-corrected chi connectivity index (χ0v) is 28.9. The zero-order valence-electron chi connectivity index (χ0n) is 28.9. The lowest BCUT2D eigenvalue weighted by molar-refractivity contribution is -0.276. The Morgan fingerprint density at radius 2 is 1.30 bits per heavy atom. The third-order valence-corrected chi connectivity index (χ3v) is 9.29. The Morgan fingerprint density at radius 3 is 1.92 bits per heavy atom. The maximum atomic E-state index is 11.9.